The van der Waals surface area contributed by atoms with E-state index in [1.54, 1.807) is 6.92 Å². The zero-order valence-corrected chi connectivity index (χ0v) is 14.3. The molecule has 3 rings (SSSR count). The van der Waals surface area contributed by atoms with Gasteiger partial charge in [0.2, 0.25) is 11.8 Å². The Bertz CT molecular complexity index is 677. The summed E-state index contributed by atoms with van der Waals surface area (Å²) in [7, 11) is 3.88. The summed E-state index contributed by atoms with van der Waals surface area (Å²) in [6, 6.07) is 10.2. The number of aromatic nitrogens is 2. The van der Waals surface area contributed by atoms with E-state index in [9.17, 15) is 4.79 Å². The van der Waals surface area contributed by atoms with E-state index in [0.717, 1.165) is 5.56 Å². The third kappa shape index (κ3) is 3.41. The highest BCUT2D eigenvalue weighted by Gasteiger charge is 2.30. The molecule has 1 aromatic carbocycles. The van der Waals surface area contributed by atoms with Crippen molar-refractivity contribution in [1.82, 2.24) is 20.0 Å². The minimum absolute atomic E-state index is 0.132. The van der Waals surface area contributed by atoms with E-state index in [1.807, 2.05) is 59.1 Å². The van der Waals surface area contributed by atoms with Crippen molar-refractivity contribution in [2.45, 2.75) is 13.0 Å². The molecule has 2 aromatic rings. The normalized spacial score (nSPS) is 16.5. The van der Waals surface area contributed by atoms with E-state index >= 15 is 0 Å². The lowest BCUT2D eigenvalue weighted by Crippen LogP contribution is -2.51. The van der Waals surface area contributed by atoms with Crippen LogP contribution in [0.15, 0.2) is 34.7 Å². The molecule has 1 unspecified atom stereocenters. The van der Waals surface area contributed by atoms with Crippen molar-refractivity contribution in [2.24, 2.45) is 0 Å². The zero-order valence-electron chi connectivity index (χ0n) is 14.3. The van der Waals surface area contributed by atoms with Crippen LogP contribution in [0, 0.1) is 6.92 Å². The van der Waals surface area contributed by atoms with Crippen LogP contribution in [0.4, 0.5) is 6.01 Å². The molecule has 1 aromatic heterocycles. The molecule has 0 radical (unpaired) electrons. The number of hydrogen-bond donors (Lipinski definition) is 0. The van der Waals surface area contributed by atoms with Crippen LogP contribution in [-0.2, 0) is 4.79 Å². The molecule has 1 aliphatic heterocycles. The van der Waals surface area contributed by atoms with Gasteiger partial charge in [-0.05, 0) is 19.7 Å². The van der Waals surface area contributed by atoms with Gasteiger partial charge in [-0.25, -0.2) is 0 Å². The Morgan fingerprint density at radius 3 is 2.33 bits per heavy atom. The second-order valence-corrected chi connectivity index (χ2v) is 6.19. The molecule has 7 heteroatoms. The number of hydrogen-bond acceptors (Lipinski definition) is 6. The highest BCUT2D eigenvalue weighted by atomic mass is 16.4. The van der Waals surface area contributed by atoms with E-state index in [4.69, 9.17) is 4.42 Å². The number of amides is 1. The molecule has 0 aliphatic carbocycles. The molecule has 1 aliphatic rings. The highest BCUT2D eigenvalue weighted by molar-refractivity contribution is 5.83. The molecule has 128 valence electrons. The Kier molecular flexibility index (Phi) is 4.80. The number of anilines is 1. The molecule has 24 heavy (non-hydrogen) atoms. The van der Waals surface area contributed by atoms with Crippen molar-refractivity contribution < 1.29 is 9.21 Å². The van der Waals surface area contributed by atoms with Gasteiger partial charge in [0.15, 0.2) is 0 Å². The van der Waals surface area contributed by atoms with Crippen LogP contribution in [0.25, 0.3) is 0 Å². The summed E-state index contributed by atoms with van der Waals surface area (Å²) in [5.41, 5.74) is 1.02. The number of rotatable bonds is 4. The van der Waals surface area contributed by atoms with Crippen LogP contribution in [0.3, 0.4) is 0 Å². The SMILES string of the molecule is Cc1nnc(N2CCN(C(=O)C(c3ccccc3)N(C)C)CC2)o1. The van der Waals surface area contributed by atoms with Gasteiger partial charge >= 0.3 is 6.01 Å². The Morgan fingerprint density at radius 2 is 1.79 bits per heavy atom. The fourth-order valence-corrected chi connectivity index (χ4v) is 3.00. The van der Waals surface area contributed by atoms with Crippen LogP contribution in [0.5, 0.6) is 0 Å². The smallest absolute Gasteiger partial charge is 0.318 e. The van der Waals surface area contributed by atoms with E-state index in [1.165, 1.54) is 0 Å². The van der Waals surface area contributed by atoms with E-state index in [2.05, 4.69) is 10.2 Å². The maximum Gasteiger partial charge on any atom is 0.318 e. The van der Waals surface area contributed by atoms with Crippen LogP contribution in [0.1, 0.15) is 17.5 Å². The van der Waals surface area contributed by atoms with Crippen molar-refractivity contribution in [3.63, 3.8) is 0 Å². The van der Waals surface area contributed by atoms with Crippen LogP contribution >= 0.6 is 0 Å². The average Bonchev–Trinajstić information content (AvgIpc) is 3.02. The topological polar surface area (TPSA) is 65.7 Å². The molecule has 1 saturated heterocycles. The van der Waals surface area contributed by atoms with Gasteiger partial charge < -0.3 is 14.2 Å². The van der Waals surface area contributed by atoms with Gasteiger partial charge in [0, 0.05) is 33.1 Å². The van der Waals surface area contributed by atoms with Gasteiger partial charge in [0.05, 0.1) is 0 Å². The fraction of sp³-hybridized carbons (Fsp3) is 0.471. The summed E-state index contributed by atoms with van der Waals surface area (Å²) in [5.74, 6) is 0.688. The molecular formula is C17H23N5O2. The summed E-state index contributed by atoms with van der Waals surface area (Å²) in [6.07, 6.45) is 0. The maximum absolute atomic E-state index is 13.0. The number of piperazine rings is 1. The molecule has 0 saturated carbocycles. The first-order valence-electron chi connectivity index (χ1n) is 8.11. The second kappa shape index (κ2) is 7.00. The average molecular weight is 329 g/mol. The first-order chi connectivity index (χ1) is 11.6. The van der Waals surface area contributed by atoms with Crippen LogP contribution in [0.2, 0.25) is 0 Å². The Balaban J connectivity index is 1.67. The quantitative estimate of drug-likeness (QED) is 0.843. The molecule has 1 amide bonds. The summed E-state index contributed by atoms with van der Waals surface area (Å²) in [6.45, 7) is 4.47. The minimum Gasteiger partial charge on any atom is -0.408 e. The van der Waals surface area contributed by atoms with Crippen molar-refractivity contribution in [3.05, 3.63) is 41.8 Å². The predicted molar refractivity (Wildman–Crippen MR) is 90.7 cm³/mol. The number of carbonyl (C=O) groups is 1. The van der Waals surface area contributed by atoms with Gasteiger partial charge in [-0.15, -0.1) is 5.10 Å². The largest absolute Gasteiger partial charge is 0.408 e. The van der Waals surface area contributed by atoms with Crippen molar-refractivity contribution in [1.29, 1.82) is 0 Å². The molecule has 0 spiro atoms. The lowest BCUT2D eigenvalue weighted by molar-refractivity contribution is -0.136. The van der Waals surface area contributed by atoms with Gasteiger partial charge in [0.1, 0.15) is 6.04 Å². The first-order valence-corrected chi connectivity index (χ1v) is 8.11. The van der Waals surface area contributed by atoms with E-state index in [0.29, 0.717) is 38.1 Å². The fourth-order valence-electron chi connectivity index (χ4n) is 3.00. The lowest BCUT2D eigenvalue weighted by Gasteiger charge is -2.37. The number of likely N-dealkylation sites (N-methyl/N-ethyl adjacent to an activating group) is 1. The number of carbonyl (C=O) groups excluding carboxylic acids is 1. The third-order valence-electron chi connectivity index (χ3n) is 4.24. The lowest BCUT2D eigenvalue weighted by atomic mass is 10.0. The zero-order chi connectivity index (χ0) is 17.1. The minimum atomic E-state index is -0.261. The monoisotopic (exact) mass is 329 g/mol. The van der Waals surface area contributed by atoms with Gasteiger partial charge in [0.25, 0.3) is 0 Å². The van der Waals surface area contributed by atoms with Gasteiger partial charge in [-0.3, -0.25) is 9.69 Å². The standard InChI is InChI=1S/C17H23N5O2/c1-13-18-19-17(24-13)22-11-9-21(10-12-22)16(23)15(20(2)3)14-7-5-4-6-8-14/h4-8,15H,9-12H2,1-3H3. The molecule has 0 bridgehead atoms. The maximum atomic E-state index is 13.0. The van der Waals surface area contributed by atoms with Crippen molar-refractivity contribution >= 4 is 11.9 Å². The Hall–Kier alpha value is -2.41. The van der Waals surface area contributed by atoms with Crippen LogP contribution in [-0.4, -0.2) is 66.2 Å². The number of nitrogens with zero attached hydrogens (tertiary/aromatic N) is 5. The van der Waals surface area contributed by atoms with Gasteiger partial charge in [-0.2, -0.15) is 0 Å². The predicted octanol–water partition coefficient (Wildman–Crippen LogP) is 1.33. The Morgan fingerprint density at radius 1 is 1.12 bits per heavy atom. The van der Waals surface area contributed by atoms with Gasteiger partial charge in [-0.1, -0.05) is 35.4 Å². The molecular weight excluding hydrogens is 306 g/mol. The molecule has 0 N–H and O–H groups in total. The van der Waals surface area contributed by atoms with Crippen molar-refractivity contribution in [3.8, 4) is 0 Å². The summed E-state index contributed by atoms with van der Waals surface area (Å²) in [5, 5.41) is 7.91. The molecule has 1 fully saturated rings. The van der Waals surface area contributed by atoms with Crippen LogP contribution < -0.4 is 4.90 Å². The molecule has 7 nitrogen and oxygen atoms in total. The summed E-state index contributed by atoms with van der Waals surface area (Å²) in [4.78, 5) is 18.9. The third-order valence-corrected chi connectivity index (χ3v) is 4.24. The van der Waals surface area contributed by atoms with Crippen molar-refractivity contribution in [2.75, 3.05) is 45.2 Å². The second-order valence-electron chi connectivity index (χ2n) is 6.19. The van der Waals surface area contributed by atoms with E-state index < -0.39 is 0 Å². The number of aryl methyl sites for hydroxylation is 1. The summed E-state index contributed by atoms with van der Waals surface area (Å²) < 4.78 is 5.47. The summed E-state index contributed by atoms with van der Waals surface area (Å²) >= 11 is 0. The highest BCUT2D eigenvalue weighted by Crippen LogP contribution is 2.22. The Labute approximate surface area is 141 Å². The van der Waals surface area contributed by atoms with E-state index in [-0.39, 0.29) is 11.9 Å². The molecule has 1 atom stereocenters. The number of benzene rings is 1. The first kappa shape index (κ1) is 16.4. The molecule has 2 heterocycles.